The average Bonchev–Trinajstić information content (AvgIpc) is 3.26. The molecule has 2 aliphatic heterocycles. The maximum Gasteiger partial charge on any atom is 0.131 e. The number of nitrogens with zero attached hydrogens (tertiary/aromatic N) is 2. The van der Waals surface area contributed by atoms with Crippen molar-refractivity contribution in [3.05, 3.63) is 52.8 Å². The van der Waals surface area contributed by atoms with Crippen molar-refractivity contribution in [2.75, 3.05) is 32.9 Å². The molecule has 6 heteroatoms. The van der Waals surface area contributed by atoms with Gasteiger partial charge in [-0.05, 0) is 67.2 Å². The Bertz CT molecular complexity index is 943. The van der Waals surface area contributed by atoms with Gasteiger partial charge < -0.3 is 26.7 Å². The molecule has 2 aliphatic rings. The van der Waals surface area contributed by atoms with Crippen molar-refractivity contribution in [1.82, 2.24) is 20.5 Å². The zero-order valence-electron chi connectivity index (χ0n) is 17.3. The lowest BCUT2D eigenvalue weighted by Gasteiger charge is -2.30. The number of fused-ring (bicyclic) bond motifs is 1. The summed E-state index contributed by atoms with van der Waals surface area (Å²) < 4.78 is 0. The van der Waals surface area contributed by atoms with E-state index >= 15 is 0 Å². The third kappa shape index (κ3) is 3.91. The molecule has 0 bridgehead atoms. The van der Waals surface area contributed by atoms with Crippen LogP contribution in [0, 0.1) is 5.41 Å². The van der Waals surface area contributed by atoms with Gasteiger partial charge >= 0.3 is 0 Å². The molecule has 0 amide bonds. The fourth-order valence-electron chi connectivity index (χ4n) is 4.48. The Morgan fingerprint density at radius 3 is 2.93 bits per heavy atom. The summed E-state index contributed by atoms with van der Waals surface area (Å²) in [6, 6.07) is 7.14. The molecular formula is C23H30N6. The Morgan fingerprint density at radius 1 is 1.34 bits per heavy atom. The lowest BCUT2D eigenvalue weighted by atomic mass is 9.87. The van der Waals surface area contributed by atoms with E-state index in [0.717, 1.165) is 42.8 Å². The molecule has 1 aromatic carbocycles. The summed E-state index contributed by atoms with van der Waals surface area (Å²) >= 11 is 0. The third-order valence-electron chi connectivity index (χ3n) is 6.02. The van der Waals surface area contributed by atoms with E-state index in [9.17, 15) is 0 Å². The Labute approximate surface area is 172 Å². The first-order valence-corrected chi connectivity index (χ1v) is 10.3. The molecule has 1 unspecified atom stereocenters. The van der Waals surface area contributed by atoms with Gasteiger partial charge in [0.05, 0.1) is 0 Å². The number of nitrogens with one attached hydrogen (secondary N) is 3. The lowest BCUT2D eigenvalue weighted by Crippen LogP contribution is -2.29. The van der Waals surface area contributed by atoms with Crippen molar-refractivity contribution in [2.24, 2.45) is 0 Å². The fourth-order valence-corrected chi connectivity index (χ4v) is 4.48. The van der Waals surface area contributed by atoms with Gasteiger partial charge in [-0.25, -0.2) is 4.98 Å². The van der Waals surface area contributed by atoms with Crippen LogP contribution in [0.4, 0.5) is 5.82 Å². The largest absolute Gasteiger partial charge is 0.393 e. The predicted octanol–water partition coefficient (Wildman–Crippen LogP) is 2.95. The molecule has 2 aromatic rings. The van der Waals surface area contributed by atoms with E-state index in [4.69, 9.17) is 11.1 Å². The first kappa shape index (κ1) is 19.6. The first-order chi connectivity index (χ1) is 14.1. The Kier molecular flexibility index (Phi) is 5.65. The number of pyridine rings is 1. The summed E-state index contributed by atoms with van der Waals surface area (Å²) in [7, 11) is 4.02. The first-order valence-electron chi connectivity index (χ1n) is 10.3. The second-order valence-corrected chi connectivity index (χ2v) is 8.03. The lowest BCUT2D eigenvalue weighted by molar-refractivity contribution is 0.310. The molecule has 1 aromatic heterocycles. The van der Waals surface area contributed by atoms with Gasteiger partial charge in [-0.1, -0.05) is 6.07 Å². The number of anilines is 1. The van der Waals surface area contributed by atoms with Crippen LogP contribution in [0.5, 0.6) is 0 Å². The molecule has 3 heterocycles. The molecule has 4 rings (SSSR count). The van der Waals surface area contributed by atoms with E-state index in [0.29, 0.717) is 11.9 Å². The number of likely N-dealkylation sites (N-methyl/N-ethyl adjacent to an activating group) is 1. The molecule has 0 spiro atoms. The van der Waals surface area contributed by atoms with E-state index in [2.05, 4.69) is 45.8 Å². The highest BCUT2D eigenvalue weighted by Gasteiger charge is 2.25. The number of aromatic nitrogens is 1. The standard InChI is InChI=1S/C23H30N6/c1-26-12-18(11-24)19-10-17(13-28-23(19)25)16-8-15-5-7-29(2)14-21(15)20(9-16)22-4-3-6-27-22/h8-13,22,24,26-27H,3-7,14H2,1-2H3,(H2,25,28)/b18-12+,24-11?. The SMILES string of the molecule is CN/C=C(\C=N)c1cc(-c2cc3c(c(C4CCCN4)c2)CN(C)CC3)cnc1N. The molecule has 1 saturated heterocycles. The monoisotopic (exact) mass is 390 g/mol. The van der Waals surface area contributed by atoms with Crippen LogP contribution >= 0.6 is 0 Å². The molecule has 0 aliphatic carbocycles. The van der Waals surface area contributed by atoms with E-state index in [-0.39, 0.29) is 0 Å². The molecule has 6 nitrogen and oxygen atoms in total. The zero-order chi connectivity index (χ0) is 20.4. The molecule has 152 valence electrons. The van der Waals surface area contributed by atoms with Crippen LogP contribution < -0.4 is 16.4 Å². The highest BCUT2D eigenvalue weighted by Crippen LogP contribution is 2.36. The summed E-state index contributed by atoms with van der Waals surface area (Å²) in [6.07, 6.45) is 8.42. The molecule has 29 heavy (non-hydrogen) atoms. The number of allylic oxidation sites excluding steroid dienone is 1. The molecule has 0 radical (unpaired) electrons. The summed E-state index contributed by atoms with van der Waals surface area (Å²) in [5.74, 6) is 0.441. The van der Waals surface area contributed by atoms with Gasteiger partial charge in [-0.2, -0.15) is 0 Å². The summed E-state index contributed by atoms with van der Waals surface area (Å²) in [6.45, 7) is 3.18. The minimum atomic E-state index is 0.428. The van der Waals surface area contributed by atoms with Crippen LogP contribution in [0.15, 0.2) is 30.6 Å². The second kappa shape index (κ2) is 8.35. The maximum absolute atomic E-state index is 7.73. The minimum absolute atomic E-state index is 0.428. The van der Waals surface area contributed by atoms with Crippen molar-refractivity contribution >= 4 is 17.6 Å². The number of benzene rings is 1. The highest BCUT2D eigenvalue weighted by molar-refractivity contribution is 6.10. The minimum Gasteiger partial charge on any atom is -0.393 e. The van der Waals surface area contributed by atoms with Crippen LogP contribution in [-0.2, 0) is 13.0 Å². The van der Waals surface area contributed by atoms with Crippen LogP contribution in [-0.4, -0.2) is 43.3 Å². The summed E-state index contributed by atoms with van der Waals surface area (Å²) in [5.41, 5.74) is 14.2. The topological polar surface area (TPSA) is 90.1 Å². The quantitative estimate of drug-likeness (QED) is 0.590. The van der Waals surface area contributed by atoms with Crippen molar-refractivity contribution in [3.8, 4) is 11.1 Å². The average molecular weight is 391 g/mol. The van der Waals surface area contributed by atoms with Gasteiger partial charge in [0.2, 0.25) is 0 Å². The molecule has 5 N–H and O–H groups in total. The van der Waals surface area contributed by atoms with Crippen LogP contribution in [0.25, 0.3) is 16.7 Å². The van der Waals surface area contributed by atoms with E-state index < -0.39 is 0 Å². The predicted molar refractivity (Wildman–Crippen MR) is 120 cm³/mol. The fraction of sp³-hybridized carbons (Fsp3) is 0.391. The summed E-state index contributed by atoms with van der Waals surface area (Å²) in [4.78, 5) is 6.84. The van der Waals surface area contributed by atoms with Gasteiger partial charge in [0.15, 0.2) is 0 Å². The van der Waals surface area contributed by atoms with Gasteiger partial charge in [0, 0.05) is 61.5 Å². The van der Waals surface area contributed by atoms with Gasteiger partial charge in [-0.3, -0.25) is 0 Å². The van der Waals surface area contributed by atoms with Gasteiger partial charge in [0.1, 0.15) is 5.82 Å². The second-order valence-electron chi connectivity index (χ2n) is 8.03. The van der Waals surface area contributed by atoms with E-state index in [1.807, 2.05) is 13.2 Å². The summed E-state index contributed by atoms with van der Waals surface area (Å²) in [5, 5.41) is 14.4. The number of rotatable bonds is 5. The smallest absolute Gasteiger partial charge is 0.131 e. The molecular weight excluding hydrogens is 360 g/mol. The number of hydrogen-bond acceptors (Lipinski definition) is 6. The highest BCUT2D eigenvalue weighted by atomic mass is 15.1. The van der Waals surface area contributed by atoms with Crippen molar-refractivity contribution in [2.45, 2.75) is 31.8 Å². The molecule has 1 fully saturated rings. The maximum atomic E-state index is 7.73. The Balaban J connectivity index is 1.82. The van der Waals surface area contributed by atoms with E-state index in [1.54, 1.807) is 6.20 Å². The van der Waals surface area contributed by atoms with Crippen molar-refractivity contribution in [1.29, 1.82) is 5.41 Å². The van der Waals surface area contributed by atoms with E-state index in [1.165, 1.54) is 41.3 Å². The van der Waals surface area contributed by atoms with Gasteiger partial charge in [0.25, 0.3) is 0 Å². The van der Waals surface area contributed by atoms with Crippen LogP contribution in [0.1, 0.15) is 41.1 Å². The van der Waals surface area contributed by atoms with Gasteiger partial charge in [-0.15, -0.1) is 0 Å². The number of nitrogen functional groups attached to an aromatic ring is 1. The molecule has 0 saturated carbocycles. The molecule has 1 atom stereocenters. The zero-order valence-corrected chi connectivity index (χ0v) is 17.3. The Morgan fingerprint density at radius 2 is 2.21 bits per heavy atom. The Hall–Kier alpha value is -2.70. The van der Waals surface area contributed by atoms with Crippen molar-refractivity contribution < 1.29 is 0 Å². The number of nitrogens with two attached hydrogens (primary N) is 1. The number of hydrogen-bond donors (Lipinski definition) is 4. The van der Waals surface area contributed by atoms with Crippen LogP contribution in [0.2, 0.25) is 0 Å². The van der Waals surface area contributed by atoms with Crippen LogP contribution in [0.3, 0.4) is 0 Å². The normalized spacial score (nSPS) is 19.8. The third-order valence-corrected chi connectivity index (χ3v) is 6.02. The van der Waals surface area contributed by atoms with Crippen molar-refractivity contribution in [3.63, 3.8) is 0 Å².